The van der Waals surface area contributed by atoms with Crippen LogP contribution in [-0.2, 0) is 0 Å². The molecular weight excluding hydrogens is 207 g/mol. The van der Waals surface area contributed by atoms with Crippen LogP contribution in [0.15, 0.2) is 18.5 Å². The van der Waals surface area contributed by atoms with Crippen LogP contribution >= 0.6 is 0 Å². The topological polar surface area (TPSA) is 35.0 Å². The molecule has 1 aromatic heterocycles. The van der Waals surface area contributed by atoms with Gasteiger partial charge in [-0.05, 0) is 12.5 Å². The van der Waals surface area contributed by atoms with E-state index in [1.807, 2.05) is 0 Å². The molecule has 1 heterocycles. The number of rotatable bonds is 8. The van der Waals surface area contributed by atoms with E-state index < -0.39 is 6.17 Å². The zero-order chi connectivity index (χ0) is 11.6. The van der Waals surface area contributed by atoms with Crippen LogP contribution in [0.5, 0.6) is 6.01 Å². The Morgan fingerprint density at radius 3 is 2.69 bits per heavy atom. The second-order valence-corrected chi connectivity index (χ2v) is 3.79. The van der Waals surface area contributed by atoms with Crippen molar-refractivity contribution in [1.82, 2.24) is 9.97 Å². The molecule has 0 aliphatic rings. The van der Waals surface area contributed by atoms with E-state index in [4.69, 9.17) is 4.74 Å². The maximum atomic E-state index is 13.3. The summed E-state index contributed by atoms with van der Waals surface area (Å²) in [5, 5.41) is 0. The van der Waals surface area contributed by atoms with Crippen molar-refractivity contribution < 1.29 is 9.13 Å². The lowest BCUT2D eigenvalue weighted by Crippen LogP contribution is -2.13. The first-order valence-corrected chi connectivity index (χ1v) is 5.86. The van der Waals surface area contributed by atoms with Gasteiger partial charge in [-0.1, -0.05) is 32.6 Å². The van der Waals surface area contributed by atoms with E-state index in [9.17, 15) is 4.39 Å². The second kappa shape index (κ2) is 8.02. The Labute approximate surface area is 96.1 Å². The van der Waals surface area contributed by atoms with Crippen LogP contribution in [0.2, 0.25) is 0 Å². The molecule has 1 aromatic rings. The van der Waals surface area contributed by atoms with Gasteiger partial charge in [-0.2, -0.15) is 0 Å². The smallest absolute Gasteiger partial charge is 0.316 e. The van der Waals surface area contributed by atoms with Crippen molar-refractivity contribution in [3.05, 3.63) is 18.5 Å². The van der Waals surface area contributed by atoms with E-state index in [0.717, 1.165) is 12.8 Å². The first-order chi connectivity index (χ1) is 7.83. The number of alkyl halides is 1. The van der Waals surface area contributed by atoms with Crippen LogP contribution < -0.4 is 4.74 Å². The molecule has 0 aliphatic heterocycles. The Hall–Kier alpha value is -1.19. The molecule has 16 heavy (non-hydrogen) atoms. The summed E-state index contributed by atoms with van der Waals surface area (Å²) in [6.07, 6.45) is 7.18. The summed E-state index contributed by atoms with van der Waals surface area (Å²) in [6.45, 7) is 2.19. The van der Waals surface area contributed by atoms with Gasteiger partial charge in [0.1, 0.15) is 12.8 Å². The molecule has 1 atom stereocenters. The average molecular weight is 226 g/mol. The zero-order valence-corrected chi connectivity index (χ0v) is 9.73. The van der Waals surface area contributed by atoms with Gasteiger partial charge in [-0.15, -0.1) is 0 Å². The molecule has 0 saturated heterocycles. The summed E-state index contributed by atoms with van der Waals surface area (Å²) in [7, 11) is 0. The van der Waals surface area contributed by atoms with Crippen molar-refractivity contribution in [3.63, 3.8) is 0 Å². The molecule has 0 aliphatic carbocycles. The van der Waals surface area contributed by atoms with Crippen molar-refractivity contribution >= 4 is 0 Å². The molecule has 3 nitrogen and oxygen atoms in total. The fourth-order valence-electron chi connectivity index (χ4n) is 1.40. The van der Waals surface area contributed by atoms with Crippen LogP contribution in [-0.4, -0.2) is 22.7 Å². The van der Waals surface area contributed by atoms with Crippen molar-refractivity contribution in [2.75, 3.05) is 6.61 Å². The lowest BCUT2D eigenvalue weighted by Gasteiger charge is -2.08. The standard InChI is InChI=1S/C12H19FN2O/c1-2-3-4-5-7-11(13)10-16-12-14-8-6-9-15-12/h6,8-9,11H,2-5,7,10H2,1H3. The Morgan fingerprint density at radius 2 is 2.00 bits per heavy atom. The summed E-state index contributed by atoms with van der Waals surface area (Å²) in [4.78, 5) is 7.72. The first-order valence-electron chi connectivity index (χ1n) is 5.86. The van der Waals surface area contributed by atoms with Crippen molar-refractivity contribution in [2.24, 2.45) is 0 Å². The van der Waals surface area contributed by atoms with Gasteiger partial charge >= 0.3 is 6.01 Å². The molecule has 0 radical (unpaired) electrons. The highest BCUT2D eigenvalue weighted by Gasteiger charge is 2.07. The maximum Gasteiger partial charge on any atom is 0.316 e. The first kappa shape index (κ1) is 12.9. The van der Waals surface area contributed by atoms with Gasteiger partial charge in [-0.3, -0.25) is 0 Å². The summed E-state index contributed by atoms with van der Waals surface area (Å²) >= 11 is 0. The number of ether oxygens (including phenoxy) is 1. The van der Waals surface area contributed by atoms with E-state index in [1.54, 1.807) is 18.5 Å². The molecule has 0 N–H and O–H groups in total. The fraction of sp³-hybridized carbons (Fsp3) is 0.667. The molecule has 1 unspecified atom stereocenters. The zero-order valence-electron chi connectivity index (χ0n) is 9.73. The third kappa shape index (κ3) is 5.63. The highest BCUT2D eigenvalue weighted by molar-refractivity contribution is 4.93. The normalized spacial score (nSPS) is 12.4. The molecule has 0 fully saturated rings. The molecule has 0 bridgehead atoms. The Kier molecular flexibility index (Phi) is 6.45. The number of nitrogens with zero attached hydrogens (tertiary/aromatic N) is 2. The van der Waals surface area contributed by atoms with E-state index in [0.29, 0.717) is 6.42 Å². The number of hydrogen-bond donors (Lipinski definition) is 0. The summed E-state index contributed by atoms with van der Waals surface area (Å²) in [5.74, 6) is 0. The van der Waals surface area contributed by atoms with E-state index in [-0.39, 0.29) is 12.6 Å². The Balaban J connectivity index is 2.08. The highest BCUT2D eigenvalue weighted by atomic mass is 19.1. The van der Waals surface area contributed by atoms with Gasteiger partial charge in [-0.25, -0.2) is 14.4 Å². The lowest BCUT2D eigenvalue weighted by atomic mass is 10.1. The van der Waals surface area contributed by atoms with E-state index >= 15 is 0 Å². The maximum absolute atomic E-state index is 13.3. The van der Waals surface area contributed by atoms with Crippen LogP contribution in [0, 0.1) is 0 Å². The van der Waals surface area contributed by atoms with Gasteiger partial charge in [0.05, 0.1) is 0 Å². The summed E-state index contributed by atoms with van der Waals surface area (Å²) in [6, 6.07) is 1.95. The lowest BCUT2D eigenvalue weighted by molar-refractivity contribution is 0.173. The van der Waals surface area contributed by atoms with Crippen LogP contribution in [0.3, 0.4) is 0 Å². The van der Waals surface area contributed by atoms with Gasteiger partial charge in [0, 0.05) is 12.4 Å². The predicted molar refractivity (Wildman–Crippen MR) is 61.2 cm³/mol. The average Bonchev–Trinajstić information content (AvgIpc) is 2.33. The van der Waals surface area contributed by atoms with Gasteiger partial charge in [0.15, 0.2) is 0 Å². The molecule has 0 spiro atoms. The van der Waals surface area contributed by atoms with Crippen LogP contribution in [0.25, 0.3) is 0 Å². The molecule has 0 amide bonds. The monoisotopic (exact) mass is 226 g/mol. The molecule has 0 aromatic carbocycles. The quantitative estimate of drug-likeness (QED) is 0.639. The number of unbranched alkanes of at least 4 members (excludes halogenated alkanes) is 3. The highest BCUT2D eigenvalue weighted by Crippen LogP contribution is 2.09. The third-order valence-corrected chi connectivity index (χ3v) is 2.31. The number of hydrogen-bond acceptors (Lipinski definition) is 3. The molecule has 0 saturated carbocycles. The van der Waals surface area contributed by atoms with Gasteiger partial charge in [0.2, 0.25) is 0 Å². The largest absolute Gasteiger partial charge is 0.460 e. The minimum Gasteiger partial charge on any atom is -0.460 e. The molecule has 4 heteroatoms. The third-order valence-electron chi connectivity index (χ3n) is 2.31. The van der Waals surface area contributed by atoms with E-state index in [1.165, 1.54) is 12.8 Å². The molecule has 1 rings (SSSR count). The SMILES string of the molecule is CCCCCCC(F)COc1ncccn1. The molecule has 90 valence electrons. The van der Waals surface area contributed by atoms with Crippen LogP contribution in [0.1, 0.15) is 39.0 Å². The Morgan fingerprint density at radius 1 is 1.25 bits per heavy atom. The van der Waals surface area contributed by atoms with Gasteiger partial charge in [0.25, 0.3) is 0 Å². The fourth-order valence-corrected chi connectivity index (χ4v) is 1.40. The minimum atomic E-state index is -0.916. The minimum absolute atomic E-state index is 0.0517. The Bertz CT molecular complexity index is 269. The second-order valence-electron chi connectivity index (χ2n) is 3.79. The van der Waals surface area contributed by atoms with Crippen LogP contribution in [0.4, 0.5) is 4.39 Å². The summed E-state index contributed by atoms with van der Waals surface area (Å²) < 4.78 is 18.5. The van der Waals surface area contributed by atoms with Crippen molar-refractivity contribution in [3.8, 4) is 6.01 Å². The number of halogens is 1. The van der Waals surface area contributed by atoms with Crippen molar-refractivity contribution in [1.29, 1.82) is 0 Å². The van der Waals surface area contributed by atoms with E-state index in [2.05, 4.69) is 16.9 Å². The van der Waals surface area contributed by atoms with Crippen molar-refractivity contribution in [2.45, 2.75) is 45.2 Å². The summed E-state index contributed by atoms with van der Waals surface area (Å²) in [5.41, 5.74) is 0. The number of aromatic nitrogens is 2. The van der Waals surface area contributed by atoms with Gasteiger partial charge < -0.3 is 4.74 Å². The molecular formula is C12H19FN2O. The predicted octanol–water partition coefficient (Wildman–Crippen LogP) is 3.16.